The molecule has 0 atom stereocenters. The van der Waals surface area contributed by atoms with Gasteiger partial charge in [-0.2, -0.15) is 0 Å². The van der Waals surface area contributed by atoms with Crippen molar-refractivity contribution >= 4 is 77.0 Å². The Kier molecular flexibility index (Phi) is 16.7. The molecule has 0 amide bonds. The first-order valence-corrected chi connectivity index (χ1v) is 4.27. The van der Waals surface area contributed by atoms with Gasteiger partial charge in [0.1, 0.15) is 0 Å². The minimum atomic E-state index is 0. The van der Waals surface area contributed by atoms with Crippen molar-refractivity contribution in [3.63, 3.8) is 0 Å². The van der Waals surface area contributed by atoms with E-state index in [0.717, 1.165) is 0 Å². The molecule has 0 aliphatic carbocycles. The van der Waals surface area contributed by atoms with Gasteiger partial charge in [0.15, 0.2) is 0 Å². The molecule has 0 spiro atoms. The van der Waals surface area contributed by atoms with Crippen LogP contribution in [0.15, 0.2) is 24.3 Å². The van der Waals surface area contributed by atoms with Gasteiger partial charge in [0, 0.05) is 0 Å². The van der Waals surface area contributed by atoms with Gasteiger partial charge in [0.2, 0.25) is 0 Å². The van der Waals surface area contributed by atoms with Crippen LogP contribution in [0.4, 0.5) is 0 Å². The molecule has 2 N–H and O–H groups in total. The van der Waals surface area contributed by atoms with Crippen LogP contribution in [0.2, 0.25) is 0 Å². The van der Waals surface area contributed by atoms with Crippen molar-refractivity contribution in [2.24, 2.45) is 5.73 Å². The van der Waals surface area contributed by atoms with Crippen molar-refractivity contribution in [1.82, 2.24) is 0 Å². The molecule has 0 saturated carbocycles. The molecular formula is C7H11Br3NSn. The molecule has 12 heavy (non-hydrogen) atoms. The van der Waals surface area contributed by atoms with Gasteiger partial charge in [-0.1, -0.05) is 0 Å². The van der Waals surface area contributed by atoms with Crippen molar-refractivity contribution in [3.8, 4) is 0 Å². The Balaban J connectivity index is -0.000000270. The third kappa shape index (κ3) is 5.96. The summed E-state index contributed by atoms with van der Waals surface area (Å²) in [5, 5.41) is 0. The summed E-state index contributed by atoms with van der Waals surface area (Å²) in [5.74, 6) is 0. The molecule has 1 rings (SSSR count). The van der Waals surface area contributed by atoms with Gasteiger partial charge in [-0.15, -0.1) is 50.9 Å². The Labute approximate surface area is 118 Å². The summed E-state index contributed by atoms with van der Waals surface area (Å²) in [6.07, 6.45) is 0. The first-order chi connectivity index (χ1) is 4.34. The summed E-state index contributed by atoms with van der Waals surface area (Å²) in [6, 6.07) is 8.25. The number of nitrogens with two attached hydrogens (primary N) is 1. The number of benzene rings is 1. The van der Waals surface area contributed by atoms with Crippen LogP contribution in [0.1, 0.15) is 5.56 Å². The van der Waals surface area contributed by atoms with E-state index in [9.17, 15) is 0 Å². The summed E-state index contributed by atoms with van der Waals surface area (Å²) in [6.45, 7) is 0.668. The van der Waals surface area contributed by atoms with Gasteiger partial charge in [-0.25, -0.2) is 0 Å². The van der Waals surface area contributed by atoms with E-state index in [1.54, 1.807) is 0 Å². The monoisotopic (exact) mass is 466 g/mol. The standard InChI is InChI=1S/C7H8N.3BrH.Sn/c8-6-7-4-2-1-3-5-7;;;;/h1-4H,6,8H2;3*1H;. The van der Waals surface area contributed by atoms with Crippen molar-refractivity contribution in [2.45, 2.75) is 6.54 Å². The molecule has 1 nitrogen and oxygen atoms in total. The van der Waals surface area contributed by atoms with Crippen LogP contribution in [-0.4, -0.2) is 22.5 Å². The molecule has 1 aromatic rings. The Hall–Kier alpha value is 1.42. The fourth-order valence-corrected chi connectivity index (χ4v) is 1.50. The topological polar surface area (TPSA) is 26.0 Å². The molecule has 0 heterocycles. The van der Waals surface area contributed by atoms with Crippen LogP contribution < -0.4 is 9.31 Å². The summed E-state index contributed by atoms with van der Waals surface area (Å²) in [7, 11) is 0. The molecule has 3 radical (unpaired) electrons. The second kappa shape index (κ2) is 10.5. The SMILES string of the molecule is Br.Br.Br.NCc1cccc[c]1[Sn]. The maximum absolute atomic E-state index is 5.47. The van der Waals surface area contributed by atoms with Crippen LogP contribution in [0.3, 0.4) is 0 Å². The Morgan fingerprint density at radius 1 is 1.08 bits per heavy atom. The zero-order chi connectivity index (χ0) is 6.69. The van der Waals surface area contributed by atoms with Gasteiger partial charge >= 0.3 is 68.2 Å². The molecule has 1 aromatic carbocycles. The number of rotatable bonds is 1. The fourth-order valence-electron chi connectivity index (χ4n) is 0.698. The van der Waals surface area contributed by atoms with Crippen LogP contribution in [0.25, 0.3) is 0 Å². The van der Waals surface area contributed by atoms with Gasteiger partial charge < -0.3 is 0 Å². The van der Waals surface area contributed by atoms with Gasteiger partial charge in [-0.3, -0.25) is 0 Å². The average molecular weight is 468 g/mol. The van der Waals surface area contributed by atoms with E-state index >= 15 is 0 Å². The predicted molar refractivity (Wildman–Crippen MR) is 70.7 cm³/mol. The summed E-state index contributed by atoms with van der Waals surface area (Å²) < 4.78 is 1.37. The second-order valence-corrected chi connectivity index (χ2v) is 3.40. The van der Waals surface area contributed by atoms with E-state index in [1.807, 2.05) is 12.1 Å². The second-order valence-electron chi connectivity index (χ2n) is 1.86. The van der Waals surface area contributed by atoms with E-state index in [0.29, 0.717) is 6.54 Å². The number of hydrogen-bond acceptors (Lipinski definition) is 1. The zero-order valence-corrected chi connectivity index (χ0v) is 14.3. The number of halogens is 3. The van der Waals surface area contributed by atoms with E-state index in [2.05, 4.69) is 12.1 Å². The zero-order valence-electron chi connectivity index (χ0n) is 6.32. The average Bonchev–Trinajstić information content (AvgIpc) is 1.89. The van der Waals surface area contributed by atoms with Crippen molar-refractivity contribution < 1.29 is 0 Å². The minimum absolute atomic E-state index is 0. The molecule has 0 aliphatic rings. The predicted octanol–water partition coefficient (Wildman–Crippen LogP) is 1.67. The molecule has 0 unspecified atom stereocenters. The van der Waals surface area contributed by atoms with Crippen LogP contribution in [0, 0.1) is 0 Å². The van der Waals surface area contributed by atoms with E-state index in [-0.39, 0.29) is 50.9 Å². The first kappa shape index (κ1) is 19.1. The molecular weight excluding hydrogens is 457 g/mol. The normalized spacial score (nSPS) is 7.17. The molecule has 0 aromatic heterocycles. The Morgan fingerprint density at radius 2 is 1.58 bits per heavy atom. The summed E-state index contributed by atoms with van der Waals surface area (Å²) in [4.78, 5) is 0. The molecule has 0 aliphatic heterocycles. The first-order valence-electron chi connectivity index (χ1n) is 2.84. The van der Waals surface area contributed by atoms with Gasteiger partial charge in [0.25, 0.3) is 0 Å². The maximum atomic E-state index is 5.47. The van der Waals surface area contributed by atoms with E-state index in [4.69, 9.17) is 5.73 Å². The van der Waals surface area contributed by atoms with Crippen LogP contribution in [0.5, 0.6) is 0 Å². The summed E-state index contributed by atoms with van der Waals surface area (Å²) >= 11 is 1.45. The number of hydrogen-bond donors (Lipinski definition) is 1. The van der Waals surface area contributed by atoms with Crippen LogP contribution >= 0.6 is 50.9 Å². The fraction of sp³-hybridized carbons (Fsp3) is 0.143. The molecule has 0 saturated heterocycles. The Bertz CT molecular complexity index is 208. The Morgan fingerprint density at radius 3 is 1.92 bits per heavy atom. The molecule has 69 valence electrons. The van der Waals surface area contributed by atoms with Gasteiger partial charge in [0.05, 0.1) is 0 Å². The summed E-state index contributed by atoms with van der Waals surface area (Å²) in [5.41, 5.74) is 6.74. The van der Waals surface area contributed by atoms with E-state index in [1.165, 1.54) is 31.7 Å². The molecule has 0 fully saturated rings. The molecule has 5 heteroatoms. The quantitative estimate of drug-likeness (QED) is 0.625. The molecule has 0 bridgehead atoms. The third-order valence-corrected chi connectivity index (χ3v) is 2.63. The van der Waals surface area contributed by atoms with Gasteiger partial charge in [-0.05, 0) is 0 Å². The van der Waals surface area contributed by atoms with Crippen molar-refractivity contribution in [2.75, 3.05) is 0 Å². The van der Waals surface area contributed by atoms with Crippen LogP contribution in [-0.2, 0) is 6.54 Å². The van der Waals surface area contributed by atoms with Crippen molar-refractivity contribution in [1.29, 1.82) is 0 Å². The van der Waals surface area contributed by atoms with E-state index < -0.39 is 0 Å². The third-order valence-electron chi connectivity index (χ3n) is 1.24. The van der Waals surface area contributed by atoms with Crippen molar-refractivity contribution in [3.05, 3.63) is 29.8 Å².